The van der Waals surface area contributed by atoms with Gasteiger partial charge in [0.2, 0.25) is 16.0 Å². The fourth-order valence-corrected chi connectivity index (χ4v) is 5.61. The van der Waals surface area contributed by atoms with Crippen LogP contribution in [0.5, 0.6) is 0 Å². The van der Waals surface area contributed by atoms with E-state index in [1.54, 1.807) is 24.3 Å². The second-order valence-electron chi connectivity index (χ2n) is 10.1. The van der Waals surface area contributed by atoms with Gasteiger partial charge in [-0.15, -0.1) is 0 Å². The van der Waals surface area contributed by atoms with E-state index in [9.17, 15) is 21.6 Å². The molecule has 1 heterocycles. The van der Waals surface area contributed by atoms with Crippen molar-refractivity contribution >= 4 is 38.7 Å². The van der Waals surface area contributed by atoms with Crippen molar-refractivity contribution in [3.05, 3.63) is 54.6 Å². The minimum atomic E-state index is -5.08. The van der Waals surface area contributed by atoms with Crippen LogP contribution in [0.1, 0.15) is 38.5 Å². The molecule has 0 atom stereocenters. The van der Waals surface area contributed by atoms with Gasteiger partial charge in [0.25, 0.3) is 0 Å². The molecule has 40 heavy (non-hydrogen) atoms. The number of hydrogen-bond donors (Lipinski definition) is 4. The van der Waals surface area contributed by atoms with E-state index < -0.39 is 22.2 Å². The van der Waals surface area contributed by atoms with Gasteiger partial charge in [-0.05, 0) is 74.6 Å². The molecular formula is C27H32F3N5O4S. The van der Waals surface area contributed by atoms with Crippen molar-refractivity contribution in [2.75, 3.05) is 23.7 Å². The number of nitrogens with zero attached hydrogens (tertiary/aromatic N) is 2. The van der Waals surface area contributed by atoms with Crippen molar-refractivity contribution in [2.45, 2.75) is 55.6 Å². The third-order valence-electron chi connectivity index (χ3n) is 6.89. The maximum atomic E-state index is 12.4. The highest BCUT2D eigenvalue weighted by Gasteiger charge is 2.38. The topological polar surface area (TPSA) is 133 Å². The number of nitrogens with one attached hydrogen (secondary N) is 3. The van der Waals surface area contributed by atoms with E-state index in [2.05, 4.69) is 21.4 Å². The van der Waals surface area contributed by atoms with E-state index >= 15 is 0 Å². The Hall–Kier alpha value is -3.45. The van der Waals surface area contributed by atoms with Gasteiger partial charge in [-0.2, -0.15) is 18.2 Å². The van der Waals surface area contributed by atoms with Crippen LogP contribution in [0.4, 0.5) is 24.9 Å². The van der Waals surface area contributed by atoms with Gasteiger partial charge < -0.3 is 15.7 Å². The monoisotopic (exact) mass is 579 g/mol. The number of carbonyl (C=O) groups is 1. The highest BCUT2D eigenvalue weighted by Crippen LogP contribution is 2.31. The lowest BCUT2D eigenvalue weighted by Crippen LogP contribution is -2.32. The fraction of sp³-hybridized carbons (Fsp3) is 0.444. The van der Waals surface area contributed by atoms with E-state index in [1.807, 2.05) is 24.3 Å². The number of hydrogen-bond acceptors (Lipinski definition) is 7. The minimum Gasteiger partial charge on any atom is -0.475 e. The third kappa shape index (κ3) is 8.52. The summed E-state index contributed by atoms with van der Waals surface area (Å²) < 4.78 is 59.4. The first-order valence-corrected chi connectivity index (χ1v) is 14.6. The molecule has 0 amide bonds. The number of carboxylic acid groups (broad SMARTS) is 1. The normalized spacial score (nSPS) is 19.4. The number of sulfonamides is 1. The Bertz CT molecular complexity index is 1390. The molecule has 4 N–H and O–H groups in total. The van der Waals surface area contributed by atoms with E-state index in [1.165, 1.54) is 12.8 Å². The number of para-hydroxylation sites is 1. The molecule has 2 aromatic carbocycles. The molecule has 2 saturated carbocycles. The molecule has 2 aliphatic rings. The number of aromatic nitrogens is 2. The molecule has 0 bridgehead atoms. The predicted molar refractivity (Wildman–Crippen MR) is 145 cm³/mol. The molecular weight excluding hydrogens is 547 g/mol. The number of rotatable bonds is 9. The van der Waals surface area contributed by atoms with Crippen LogP contribution in [0.15, 0.2) is 59.5 Å². The second kappa shape index (κ2) is 12.8. The van der Waals surface area contributed by atoms with E-state index in [-0.39, 0.29) is 0 Å². The third-order valence-corrected chi connectivity index (χ3v) is 8.33. The maximum absolute atomic E-state index is 12.4. The summed E-state index contributed by atoms with van der Waals surface area (Å²) in [5, 5.41) is 15.2. The van der Waals surface area contributed by atoms with Gasteiger partial charge in [-0.25, -0.2) is 22.9 Å². The summed E-state index contributed by atoms with van der Waals surface area (Å²) >= 11 is 0. The van der Waals surface area contributed by atoms with Gasteiger partial charge in [0, 0.05) is 24.5 Å². The Kier molecular flexibility index (Phi) is 9.46. The maximum Gasteiger partial charge on any atom is 0.490 e. The first-order valence-electron chi connectivity index (χ1n) is 13.1. The quantitative estimate of drug-likeness (QED) is 0.277. The highest BCUT2D eigenvalue weighted by atomic mass is 32.2. The molecule has 13 heteroatoms. The van der Waals surface area contributed by atoms with Crippen LogP contribution in [0.2, 0.25) is 0 Å². The van der Waals surface area contributed by atoms with Gasteiger partial charge in [-0.1, -0.05) is 30.3 Å². The van der Waals surface area contributed by atoms with Crippen molar-refractivity contribution in [1.82, 2.24) is 14.7 Å². The molecule has 5 rings (SSSR count). The number of anilines is 2. The van der Waals surface area contributed by atoms with Crippen molar-refractivity contribution in [3.63, 3.8) is 0 Å². The molecule has 2 fully saturated rings. The Labute approximate surface area is 230 Å². The predicted octanol–water partition coefficient (Wildman–Crippen LogP) is 5.03. The average molecular weight is 580 g/mol. The summed E-state index contributed by atoms with van der Waals surface area (Å²) in [6.45, 7) is 1.34. The van der Waals surface area contributed by atoms with Gasteiger partial charge in [0.15, 0.2) is 0 Å². The second-order valence-corrected chi connectivity index (χ2v) is 11.8. The number of benzene rings is 2. The van der Waals surface area contributed by atoms with Crippen LogP contribution in [-0.4, -0.2) is 54.8 Å². The number of aliphatic carboxylic acids is 1. The molecule has 0 aliphatic heterocycles. The number of alkyl halides is 3. The molecule has 0 spiro atoms. The van der Waals surface area contributed by atoms with Crippen molar-refractivity contribution in [1.29, 1.82) is 0 Å². The minimum absolute atomic E-state index is 0.328. The number of carboxylic acids is 1. The number of fused-ring (bicyclic) bond motifs is 1. The zero-order valence-corrected chi connectivity index (χ0v) is 22.5. The largest absolute Gasteiger partial charge is 0.490 e. The lowest BCUT2D eigenvalue weighted by Gasteiger charge is -2.28. The highest BCUT2D eigenvalue weighted by molar-refractivity contribution is 7.89. The van der Waals surface area contributed by atoms with Crippen LogP contribution < -0.4 is 15.4 Å². The molecule has 0 saturated heterocycles. The van der Waals surface area contributed by atoms with E-state index in [0.29, 0.717) is 35.3 Å². The summed E-state index contributed by atoms with van der Waals surface area (Å²) in [4.78, 5) is 18.7. The molecule has 1 aromatic heterocycles. The summed E-state index contributed by atoms with van der Waals surface area (Å²) in [5.74, 6) is -0.241. The SMILES string of the molecule is O=C(O)C(F)(F)F.O=S(=O)(NCC1CCC(CNc2nc(NC3CC3)c3ccccc3n2)CC1)c1ccccc1. The Morgan fingerprint density at radius 3 is 2.05 bits per heavy atom. The van der Waals surface area contributed by atoms with E-state index in [0.717, 1.165) is 48.9 Å². The Morgan fingerprint density at radius 2 is 1.45 bits per heavy atom. The molecule has 0 radical (unpaired) electrons. The first-order chi connectivity index (χ1) is 19.0. The van der Waals surface area contributed by atoms with Crippen LogP contribution in [0.3, 0.4) is 0 Å². The lowest BCUT2D eigenvalue weighted by molar-refractivity contribution is -0.192. The van der Waals surface area contributed by atoms with Crippen LogP contribution in [0, 0.1) is 11.8 Å². The smallest absolute Gasteiger partial charge is 0.475 e. The molecule has 0 unspecified atom stereocenters. The van der Waals surface area contributed by atoms with Gasteiger partial charge in [-0.3, -0.25) is 0 Å². The van der Waals surface area contributed by atoms with Crippen LogP contribution >= 0.6 is 0 Å². The lowest BCUT2D eigenvalue weighted by atomic mass is 9.82. The fourth-order valence-electron chi connectivity index (χ4n) is 4.47. The van der Waals surface area contributed by atoms with Gasteiger partial charge in [0.1, 0.15) is 5.82 Å². The van der Waals surface area contributed by atoms with Crippen LogP contribution in [0.25, 0.3) is 10.9 Å². The summed E-state index contributed by atoms with van der Waals surface area (Å²) in [7, 11) is -3.43. The van der Waals surface area contributed by atoms with Crippen molar-refractivity contribution in [2.24, 2.45) is 11.8 Å². The summed E-state index contributed by atoms with van der Waals surface area (Å²) in [6.07, 6.45) is 1.52. The van der Waals surface area contributed by atoms with Crippen molar-refractivity contribution < 1.29 is 31.5 Å². The molecule has 9 nitrogen and oxygen atoms in total. The van der Waals surface area contributed by atoms with E-state index in [4.69, 9.17) is 19.9 Å². The van der Waals surface area contributed by atoms with Crippen LogP contribution in [-0.2, 0) is 14.8 Å². The first kappa shape index (κ1) is 29.5. The average Bonchev–Trinajstić information content (AvgIpc) is 3.76. The standard InChI is InChI=1S/C25H31N5O2S.C2HF3O2/c31-33(32,21-6-2-1-3-7-21)27-17-19-12-10-18(11-13-19)16-26-25-29-23-9-5-4-8-22(23)24(30-25)28-20-14-15-20;3-2(4,5)1(6)7/h1-9,18-20,27H,10-17H2,(H2,26,28,29,30);(H,6,7). The molecule has 2 aliphatic carbocycles. The Morgan fingerprint density at radius 1 is 0.875 bits per heavy atom. The zero-order valence-electron chi connectivity index (χ0n) is 21.7. The Balaban J connectivity index is 0.000000470. The summed E-state index contributed by atoms with van der Waals surface area (Å²) in [6, 6.07) is 17.2. The zero-order chi connectivity index (χ0) is 28.8. The van der Waals surface area contributed by atoms with Gasteiger partial charge in [0.05, 0.1) is 10.4 Å². The van der Waals surface area contributed by atoms with Gasteiger partial charge >= 0.3 is 12.1 Å². The number of halogens is 3. The molecule has 3 aromatic rings. The molecule has 216 valence electrons. The van der Waals surface area contributed by atoms with Crippen molar-refractivity contribution in [3.8, 4) is 0 Å². The summed E-state index contributed by atoms with van der Waals surface area (Å²) in [5.41, 5.74) is 0.951.